The lowest BCUT2D eigenvalue weighted by Gasteiger charge is -2.36. The summed E-state index contributed by atoms with van der Waals surface area (Å²) in [5.74, 6) is 0.613. The molecule has 0 aromatic heterocycles. The first-order chi connectivity index (χ1) is 9.47. The average molecular weight is 284 g/mol. The van der Waals surface area contributed by atoms with Crippen LogP contribution in [0.4, 0.5) is 0 Å². The number of carbonyl (C=O) groups excluding carboxylic acids is 1. The van der Waals surface area contributed by atoms with E-state index in [1.165, 1.54) is 6.42 Å². The van der Waals surface area contributed by atoms with E-state index < -0.39 is 5.60 Å². The summed E-state index contributed by atoms with van der Waals surface area (Å²) in [7, 11) is 0. The van der Waals surface area contributed by atoms with Crippen molar-refractivity contribution in [1.29, 1.82) is 0 Å². The van der Waals surface area contributed by atoms with Crippen molar-refractivity contribution >= 4 is 5.91 Å². The maximum Gasteiger partial charge on any atom is 0.236 e. The molecule has 1 fully saturated rings. The maximum absolute atomic E-state index is 11.9. The lowest BCUT2D eigenvalue weighted by Crippen LogP contribution is -2.50. The molecule has 3 N–H and O–H groups in total. The standard InChI is InChI=1S/C16H32N2O2/c1-4-5-6-10-17-15(19)14(3)18-12-16(20)9-7-8-13(2)11-16/h13-14,18,20H,4-12H2,1-3H3,(H,17,19). The number of aliphatic hydroxyl groups is 1. The Morgan fingerprint density at radius 2 is 2.20 bits per heavy atom. The minimum atomic E-state index is -0.631. The Bertz CT molecular complexity index is 296. The molecule has 3 unspecified atom stereocenters. The third kappa shape index (κ3) is 6.23. The fourth-order valence-corrected chi connectivity index (χ4v) is 2.97. The van der Waals surface area contributed by atoms with Gasteiger partial charge < -0.3 is 15.7 Å². The Labute approximate surface area is 123 Å². The van der Waals surface area contributed by atoms with Crippen molar-refractivity contribution < 1.29 is 9.90 Å². The van der Waals surface area contributed by atoms with Gasteiger partial charge in [0.1, 0.15) is 0 Å². The lowest BCUT2D eigenvalue weighted by atomic mass is 9.79. The van der Waals surface area contributed by atoms with Crippen molar-refractivity contribution in [2.75, 3.05) is 13.1 Å². The molecule has 0 aromatic rings. The van der Waals surface area contributed by atoms with E-state index in [2.05, 4.69) is 24.5 Å². The molecule has 0 aromatic carbocycles. The van der Waals surface area contributed by atoms with E-state index in [1.807, 2.05) is 6.92 Å². The molecular formula is C16H32N2O2. The number of rotatable bonds is 8. The molecule has 1 amide bonds. The van der Waals surface area contributed by atoms with Crippen molar-refractivity contribution in [1.82, 2.24) is 10.6 Å². The summed E-state index contributed by atoms with van der Waals surface area (Å²) < 4.78 is 0. The predicted molar refractivity (Wildman–Crippen MR) is 82.6 cm³/mol. The summed E-state index contributed by atoms with van der Waals surface area (Å²) in [5, 5.41) is 16.7. The van der Waals surface area contributed by atoms with Gasteiger partial charge in [0.05, 0.1) is 11.6 Å². The molecule has 1 aliphatic rings. The smallest absolute Gasteiger partial charge is 0.236 e. The molecule has 1 rings (SSSR count). The van der Waals surface area contributed by atoms with Crippen LogP contribution < -0.4 is 10.6 Å². The van der Waals surface area contributed by atoms with Gasteiger partial charge in [-0.25, -0.2) is 0 Å². The number of unbranched alkanes of at least 4 members (excludes halogenated alkanes) is 2. The van der Waals surface area contributed by atoms with Crippen LogP contribution in [0.2, 0.25) is 0 Å². The van der Waals surface area contributed by atoms with E-state index in [9.17, 15) is 9.90 Å². The van der Waals surface area contributed by atoms with Crippen LogP contribution in [-0.2, 0) is 4.79 Å². The monoisotopic (exact) mass is 284 g/mol. The second-order valence-corrected chi connectivity index (χ2v) is 6.53. The van der Waals surface area contributed by atoms with Crippen LogP contribution in [-0.4, -0.2) is 35.7 Å². The molecule has 1 saturated carbocycles. The summed E-state index contributed by atoms with van der Waals surface area (Å²) in [5.41, 5.74) is -0.631. The molecule has 0 heterocycles. The highest BCUT2D eigenvalue weighted by molar-refractivity contribution is 5.81. The van der Waals surface area contributed by atoms with Crippen LogP contribution in [0.3, 0.4) is 0 Å². The molecule has 1 aliphatic carbocycles. The number of carbonyl (C=O) groups is 1. The van der Waals surface area contributed by atoms with E-state index in [0.29, 0.717) is 12.5 Å². The zero-order valence-corrected chi connectivity index (χ0v) is 13.4. The topological polar surface area (TPSA) is 61.4 Å². The number of nitrogens with one attached hydrogen (secondary N) is 2. The summed E-state index contributed by atoms with van der Waals surface area (Å²) in [6.45, 7) is 7.47. The van der Waals surface area contributed by atoms with Crippen molar-refractivity contribution in [3.8, 4) is 0 Å². The van der Waals surface area contributed by atoms with E-state index in [0.717, 1.165) is 45.1 Å². The van der Waals surface area contributed by atoms with Crippen LogP contribution in [0.15, 0.2) is 0 Å². The third-order valence-corrected chi connectivity index (χ3v) is 4.28. The lowest BCUT2D eigenvalue weighted by molar-refractivity contribution is -0.123. The summed E-state index contributed by atoms with van der Waals surface area (Å²) >= 11 is 0. The van der Waals surface area contributed by atoms with Crippen LogP contribution >= 0.6 is 0 Å². The van der Waals surface area contributed by atoms with Gasteiger partial charge in [0.2, 0.25) is 5.91 Å². The van der Waals surface area contributed by atoms with E-state index in [4.69, 9.17) is 0 Å². The molecule has 4 nitrogen and oxygen atoms in total. The highest BCUT2D eigenvalue weighted by Gasteiger charge is 2.33. The Morgan fingerprint density at radius 3 is 2.85 bits per heavy atom. The second-order valence-electron chi connectivity index (χ2n) is 6.53. The molecule has 3 atom stereocenters. The van der Waals surface area contributed by atoms with Crippen LogP contribution in [0.5, 0.6) is 0 Å². The summed E-state index contributed by atoms with van der Waals surface area (Å²) in [6.07, 6.45) is 7.32. The largest absolute Gasteiger partial charge is 0.389 e. The second kappa shape index (κ2) is 8.63. The molecule has 0 saturated heterocycles. The Hall–Kier alpha value is -0.610. The van der Waals surface area contributed by atoms with E-state index >= 15 is 0 Å². The fraction of sp³-hybridized carbons (Fsp3) is 0.938. The molecule has 118 valence electrons. The molecule has 0 spiro atoms. The van der Waals surface area contributed by atoms with E-state index in [1.54, 1.807) is 0 Å². The number of amides is 1. The zero-order valence-electron chi connectivity index (χ0n) is 13.4. The van der Waals surface area contributed by atoms with Crippen LogP contribution in [0.1, 0.15) is 65.7 Å². The molecule has 0 radical (unpaired) electrons. The van der Waals surface area contributed by atoms with Gasteiger partial charge in [-0.05, 0) is 32.1 Å². The number of hydrogen-bond acceptors (Lipinski definition) is 3. The van der Waals surface area contributed by atoms with Crippen molar-refractivity contribution in [2.45, 2.75) is 77.4 Å². The van der Waals surface area contributed by atoms with Crippen molar-refractivity contribution in [3.63, 3.8) is 0 Å². The number of hydrogen-bond donors (Lipinski definition) is 3. The summed E-state index contributed by atoms with van der Waals surface area (Å²) in [4.78, 5) is 11.9. The minimum Gasteiger partial charge on any atom is -0.389 e. The van der Waals surface area contributed by atoms with Gasteiger partial charge >= 0.3 is 0 Å². The van der Waals surface area contributed by atoms with Crippen molar-refractivity contribution in [2.24, 2.45) is 5.92 Å². The molecule has 0 bridgehead atoms. The van der Waals surface area contributed by atoms with Gasteiger partial charge in [0, 0.05) is 13.1 Å². The fourth-order valence-electron chi connectivity index (χ4n) is 2.97. The molecular weight excluding hydrogens is 252 g/mol. The van der Waals surface area contributed by atoms with Gasteiger partial charge in [0.25, 0.3) is 0 Å². The quantitative estimate of drug-likeness (QED) is 0.599. The Kier molecular flexibility index (Phi) is 7.52. The highest BCUT2D eigenvalue weighted by atomic mass is 16.3. The minimum absolute atomic E-state index is 0.0357. The first-order valence-electron chi connectivity index (χ1n) is 8.20. The van der Waals surface area contributed by atoms with Crippen LogP contribution in [0, 0.1) is 5.92 Å². The SMILES string of the molecule is CCCCCNC(=O)C(C)NCC1(O)CCCC(C)C1. The molecule has 0 aliphatic heterocycles. The average Bonchev–Trinajstić information content (AvgIpc) is 2.40. The first kappa shape index (κ1) is 17.4. The van der Waals surface area contributed by atoms with Gasteiger partial charge in [0.15, 0.2) is 0 Å². The Balaban J connectivity index is 2.24. The van der Waals surface area contributed by atoms with Crippen LogP contribution in [0.25, 0.3) is 0 Å². The van der Waals surface area contributed by atoms with Gasteiger partial charge in [-0.15, -0.1) is 0 Å². The van der Waals surface area contributed by atoms with Gasteiger partial charge in [-0.1, -0.05) is 39.5 Å². The summed E-state index contributed by atoms with van der Waals surface area (Å²) in [6, 6.07) is -0.238. The molecule has 4 heteroatoms. The normalized spacial score (nSPS) is 28.1. The first-order valence-corrected chi connectivity index (χ1v) is 8.20. The zero-order chi connectivity index (χ0) is 15.0. The highest BCUT2D eigenvalue weighted by Crippen LogP contribution is 2.31. The van der Waals surface area contributed by atoms with E-state index in [-0.39, 0.29) is 11.9 Å². The Morgan fingerprint density at radius 1 is 1.45 bits per heavy atom. The van der Waals surface area contributed by atoms with Crippen molar-refractivity contribution in [3.05, 3.63) is 0 Å². The third-order valence-electron chi connectivity index (χ3n) is 4.28. The predicted octanol–water partition coefficient (Wildman–Crippen LogP) is 2.21. The maximum atomic E-state index is 11.9. The van der Waals surface area contributed by atoms with Gasteiger partial charge in [-0.2, -0.15) is 0 Å². The van der Waals surface area contributed by atoms with Gasteiger partial charge in [-0.3, -0.25) is 4.79 Å². The molecule has 20 heavy (non-hydrogen) atoms.